The lowest BCUT2D eigenvalue weighted by Gasteiger charge is -2.02. The summed E-state index contributed by atoms with van der Waals surface area (Å²) in [6, 6.07) is 7.85. The molecule has 3 rings (SSSR count). The molecule has 0 bridgehead atoms. The Morgan fingerprint density at radius 2 is 2.31 bits per heavy atom. The van der Waals surface area contributed by atoms with Gasteiger partial charge < -0.3 is 4.74 Å². The number of nitrogens with zero attached hydrogens (tertiary/aromatic N) is 3. The quantitative estimate of drug-likeness (QED) is 0.706. The van der Waals surface area contributed by atoms with Crippen LogP contribution in [0.4, 0.5) is 0 Å². The minimum atomic E-state index is 0.734. The van der Waals surface area contributed by atoms with E-state index >= 15 is 0 Å². The summed E-state index contributed by atoms with van der Waals surface area (Å²) in [5.74, 6) is 1.56. The van der Waals surface area contributed by atoms with E-state index in [9.17, 15) is 0 Å². The van der Waals surface area contributed by atoms with Gasteiger partial charge in [-0.05, 0) is 12.1 Å². The van der Waals surface area contributed by atoms with Crippen molar-refractivity contribution in [2.45, 2.75) is 0 Å². The molecule has 0 amide bonds. The standard InChI is InChI=1S/C11H10N4O/c1-16-9-4-2-3-8(5-9)10-6-12-11-14-13-7-15(10)11/h2-7H,1H3,(H,12,14). The van der Waals surface area contributed by atoms with Gasteiger partial charge in [0.1, 0.15) is 12.1 Å². The number of nitrogens with one attached hydrogen (secondary N) is 1. The molecule has 0 saturated heterocycles. The van der Waals surface area contributed by atoms with Crippen LogP contribution in [0.15, 0.2) is 36.8 Å². The number of benzene rings is 1. The monoisotopic (exact) mass is 214 g/mol. The number of rotatable bonds is 2. The average Bonchev–Trinajstić information content (AvgIpc) is 2.90. The highest BCUT2D eigenvalue weighted by molar-refractivity contribution is 5.63. The van der Waals surface area contributed by atoms with Crippen LogP contribution in [0.1, 0.15) is 0 Å². The van der Waals surface area contributed by atoms with Crippen LogP contribution in [0.25, 0.3) is 17.0 Å². The van der Waals surface area contributed by atoms with Crippen LogP contribution in [0.3, 0.4) is 0 Å². The highest BCUT2D eigenvalue weighted by atomic mass is 16.5. The minimum absolute atomic E-state index is 0.734. The maximum Gasteiger partial charge on any atom is 0.229 e. The molecule has 5 nitrogen and oxygen atoms in total. The number of methoxy groups -OCH3 is 1. The third-order valence-electron chi connectivity index (χ3n) is 2.50. The van der Waals surface area contributed by atoms with E-state index in [1.54, 1.807) is 13.4 Å². The maximum absolute atomic E-state index is 5.19. The lowest BCUT2D eigenvalue weighted by Crippen LogP contribution is -1.86. The van der Waals surface area contributed by atoms with Gasteiger partial charge in [0.05, 0.1) is 19.0 Å². The van der Waals surface area contributed by atoms with E-state index in [2.05, 4.69) is 15.2 Å². The number of fused-ring (bicyclic) bond motifs is 1. The normalized spacial score (nSPS) is 10.8. The van der Waals surface area contributed by atoms with Crippen molar-refractivity contribution in [3.63, 3.8) is 0 Å². The van der Waals surface area contributed by atoms with Crippen molar-refractivity contribution < 1.29 is 4.74 Å². The molecule has 16 heavy (non-hydrogen) atoms. The molecule has 0 aliphatic carbocycles. The summed E-state index contributed by atoms with van der Waals surface area (Å²) in [6.45, 7) is 0. The van der Waals surface area contributed by atoms with Crippen LogP contribution in [0, 0.1) is 0 Å². The lowest BCUT2D eigenvalue weighted by molar-refractivity contribution is 0.415. The van der Waals surface area contributed by atoms with Gasteiger partial charge in [-0.25, -0.2) is 10.1 Å². The number of aromatic amines is 1. The van der Waals surface area contributed by atoms with Gasteiger partial charge in [0.25, 0.3) is 0 Å². The molecule has 0 aliphatic rings. The Balaban J connectivity index is 2.19. The molecule has 0 fully saturated rings. The molecule has 0 unspecified atom stereocenters. The van der Waals surface area contributed by atoms with Crippen molar-refractivity contribution in [3.8, 4) is 17.0 Å². The van der Waals surface area contributed by atoms with Gasteiger partial charge >= 0.3 is 0 Å². The topological polar surface area (TPSA) is 55.2 Å². The fraction of sp³-hybridized carbons (Fsp3) is 0.0909. The average molecular weight is 214 g/mol. The molecule has 0 radical (unpaired) electrons. The molecule has 2 heterocycles. The Kier molecular flexibility index (Phi) is 1.89. The van der Waals surface area contributed by atoms with Crippen molar-refractivity contribution in [1.29, 1.82) is 0 Å². The van der Waals surface area contributed by atoms with Crippen molar-refractivity contribution in [2.75, 3.05) is 7.11 Å². The maximum atomic E-state index is 5.19. The van der Waals surface area contributed by atoms with Crippen LogP contribution in [-0.4, -0.2) is 26.7 Å². The second kappa shape index (κ2) is 3.37. The highest BCUT2D eigenvalue weighted by Crippen LogP contribution is 2.23. The van der Waals surface area contributed by atoms with Crippen molar-refractivity contribution in [2.24, 2.45) is 0 Å². The second-order valence-electron chi connectivity index (χ2n) is 3.43. The highest BCUT2D eigenvalue weighted by Gasteiger charge is 2.07. The van der Waals surface area contributed by atoms with Crippen molar-refractivity contribution >= 4 is 5.78 Å². The second-order valence-corrected chi connectivity index (χ2v) is 3.43. The van der Waals surface area contributed by atoms with Gasteiger partial charge in [-0.15, -0.1) is 0 Å². The summed E-state index contributed by atoms with van der Waals surface area (Å²) < 4.78 is 7.09. The smallest absolute Gasteiger partial charge is 0.229 e. The largest absolute Gasteiger partial charge is 0.497 e. The Bertz CT molecular complexity index is 625. The van der Waals surface area contributed by atoms with E-state index < -0.39 is 0 Å². The molecular formula is C11H10N4O. The van der Waals surface area contributed by atoms with Crippen molar-refractivity contribution in [1.82, 2.24) is 19.6 Å². The zero-order chi connectivity index (χ0) is 11.0. The van der Waals surface area contributed by atoms with Gasteiger partial charge in [0, 0.05) is 5.56 Å². The first-order valence-electron chi connectivity index (χ1n) is 4.89. The molecule has 1 N–H and O–H groups in total. The zero-order valence-electron chi connectivity index (χ0n) is 8.71. The van der Waals surface area contributed by atoms with Gasteiger partial charge in [-0.3, -0.25) is 4.40 Å². The SMILES string of the molecule is COc1cccc(-c2cnc3[nH]ncn23)c1. The van der Waals surface area contributed by atoms with Crippen LogP contribution in [0.2, 0.25) is 0 Å². The molecule has 0 aliphatic heterocycles. The first-order valence-corrected chi connectivity index (χ1v) is 4.89. The molecule has 3 aromatic rings. The van der Waals surface area contributed by atoms with Crippen molar-refractivity contribution in [3.05, 3.63) is 36.8 Å². The summed E-state index contributed by atoms with van der Waals surface area (Å²) in [5, 5.41) is 6.74. The first-order chi connectivity index (χ1) is 7.88. The Labute approximate surface area is 91.7 Å². The first kappa shape index (κ1) is 8.96. The fourth-order valence-corrected chi connectivity index (χ4v) is 1.70. The van der Waals surface area contributed by atoms with E-state index in [1.165, 1.54) is 0 Å². The van der Waals surface area contributed by atoms with Crippen LogP contribution in [-0.2, 0) is 0 Å². The lowest BCUT2D eigenvalue weighted by atomic mass is 10.1. The Hall–Kier alpha value is -2.30. The molecule has 2 aromatic heterocycles. The van der Waals surface area contributed by atoms with Crippen LogP contribution >= 0.6 is 0 Å². The summed E-state index contributed by atoms with van der Waals surface area (Å²) in [5.41, 5.74) is 2.04. The third kappa shape index (κ3) is 1.25. The van der Waals surface area contributed by atoms with Crippen LogP contribution < -0.4 is 4.74 Å². The van der Waals surface area contributed by atoms with E-state index in [0.717, 1.165) is 22.8 Å². The molecule has 5 heteroatoms. The third-order valence-corrected chi connectivity index (χ3v) is 2.50. The predicted molar refractivity (Wildman–Crippen MR) is 59.3 cm³/mol. The van der Waals surface area contributed by atoms with Gasteiger partial charge in [-0.1, -0.05) is 12.1 Å². The molecule has 0 saturated carbocycles. The summed E-state index contributed by atoms with van der Waals surface area (Å²) in [4.78, 5) is 4.21. The number of aromatic nitrogens is 4. The molecule has 0 atom stereocenters. The summed E-state index contributed by atoms with van der Waals surface area (Å²) in [6.07, 6.45) is 3.51. The van der Waals surface area contributed by atoms with Gasteiger partial charge in [0.15, 0.2) is 0 Å². The number of hydrogen-bond acceptors (Lipinski definition) is 3. The van der Waals surface area contributed by atoms with Gasteiger partial charge in [-0.2, -0.15) is 5.10 Å². The molecule has 80 valence electrons. The number of ether oxygens (including phenoxy) is 1. The van der Waals surface area contributed by atoms with Gasteiger partial charge in [0.2, 0.25) is 5.78 Å². The number of imidazole rings is 1. The zero-order valence-corrected chi connectivity index (χ0v) is 8.71. The molecule has 0 spiro atoms. The van der Waals surface area contributed by atoms with E-state index in [0.29, 0.717) is 0 Å². The minimum Gasteiger partial charge on any atom is -0.497 e. The van der Waals surface area contributed by atoms with E-state index in [1.807, 2.05) is 34.9 Å². The Morgan fingerprint density at radius 1 is 1.38 bits per heavy atom. The summed E-state index contributed by atoms with van der Waals surface area (Å²) in [7, 11) is 1.66. The van der Waals surface area contributed by atoms with E-state index in [4.69, 9.17) is 4.74 Å². The number of H-pyrrole nitrogens is 1. The summed E-state index contributed by atoms with van der Waals surface area (Å²) >= 11 is 0. The fourth-order valence-electron chi connectivity index (χ4n) is 1.70. The Morgan fingerprint density at radius 3 is 3.19 bits per heavy atom. The van der Waals surface area contributed by atoms with E-state index in [-0.39, 0.29) is 0 Å². The van der Waals surface area contributed by atoms with Crippen LogP contribution in [0.5, 0.6) is 5.75 Å². The number of hydrogen-bond donors (Lipinski definition) is 1. The molecule has 1 aromatic carbocycles. The predicted octanol–water partition coefficient (Wildman–Crippen LogP) is 1.73. The molecular weight excluding hydrogens is 204 g/mol.